The lowest BCUT2D eigenvalue weighted by Crippen LogP contribution is -2.39. The first kappa shape index (κ1) is 18.7. The molecule has 2 bridgehead atoms. The fourth-order valence-corrected chi connectivity index (χ4v) is 4.72. The first-order valence-corrected chi connectivity index (χ1v) is 9.98. The Balaban J connectivity index is 1.23. The van der Waals surface area contributed by atoms with Gasteiger partial charge in [-0.1, -0.05) is 18.2 Å². The van der Waals surface area contributed by atoms with Crippen molar-refractivity contribution in [3.05, 3.63) is 41.7 Å². The smallest absolute Gasteiger partial charge is 0.233 e. The van der Waals surface area contributed by atoms with Crippen molar-refractivity contribution in [1.29, 1.82) is 0 Å². The Hall–Kier alpha value is -2.70. The second-order valence-corrected chi connectivity index (χ2v) is 7.80. The van der Waals surface area contributed by atoms with E-state index in [1.807, 2.05) is 19.1 Å². The third-order valence-electron chi connectivity index (χ3n) is 6.18. The van der Waals surface area contributed by atoms with Gasteiger partial charge in [-0.25, -0.2) is 0 Å². The van der Waals surface area contributed by atoms with Crippen LogP contribution in [0.3, 0.4) is 0 Å². The number of aryl methyl sites for hydroxylation is 1. The molecule has 4 rings (SSSR count). The molecule has 2 N–H and O–H groups in total. The van der Waals surface area contributed by atoms with Crippen LogP contribution in [0.5, 0.6) is 0 Å². The number of carbonyl (C=O) groups is 2. The van der Waals surface area contributed by atoms with Gasteiger partial charge in [0, 0.05) is 26.3 Å². The number of nitrogens with zero attached hydrogens (tertiary/aromatic N) is 3. The number of fused-ring (bicyclic) bond motifs is 5. The predicted molar refractivity (Wildman–Crippen MR) is 106 cm³/mol. The van der Waals surface area contributed by atoms with Crippen LogP contribution in [0.2, 0.25) is 0 Å². The van der Waals surface area contributed by atoms with Gasteiger partial charge in [0.2, 0.25) is 11.8 Å². The van der Waals surface area contributed by atoms with Crippen molar-refractivity contribution in [3.8, 4) is 0 Å². The number of likely N-dealkylation sites (tertiary alicyclic amines) is 1. The standard InChI is InChI=1S/C21H27N5O2/c1-13-5-3-8-23-16(13)12-25-21(22-2)24-9-4-10-26-19(27)17-14-6-7-15(11-14)18(17)20(26)28/h3,5-8,14-15,17-18H,4,9-12H2,1-2H3,(H2,22,24,25). The SMILES string of the molecule is CN=C(NCCCN1C(=O)C2C3C=CC(C3)C2C1=O)NCc1ncccc1C. The molecule has 7 nitrogen and oxygen atoms in total. The van der Waals surface area contributed by atoms with Crippen molar-refractivity contribution < 1.29 is 9.59 Å². The van der Waals surface area contributed by atoms with Crippen LogP contribution in [-0.4, -0.2) is 47.8 Å². The monoisotopic (exact) mass is 381 g/mol. The third-order valence-corrected chi connectivity index (χ3v) is 6.18. The van der Waals surface area contributed by atoms with Crippen LogP contribution < -0.4 is 10.6 Å². The number of pyridine rings is 1. The Kier molecular flexibility index (Phi) is 5.15. The number of allylic oxidation sites excluding steroid dienone is 2. The van der Waals surface area contributed by atoms with Gasteiger partial charge in [-0.15, -0.1) is 0 Å². The van der Waals surface area contributed by atoms with Crippen LogP contribution in [0.4, 0.5) is 0 Å². The van der Waals surface area contributed by atoms with Gasteiger partial charge in [0.25, 0.3) is 0 Å². The van der Waals surface area contributed by atoms with E-state index in [4.69, 9.17) is 0 Å². The van der Waals surface area contributed by atoms with E-state index in [0.717, 1.165) is 17.7 Å². The van der Waals surface area contributed by atoms with E-state index in [1.165, 1.54) is 4.90 Å². The molecule has 1 saturated carbocycles. The van der Waals surface area contributed by atoms with E-state index >= 15 is 0 Å². The third kappa shape index (κ3) is 3.30. The summed E-state index contributed by atoms with van der Waals surface area (Å²) < 4.78 is 0. The maximum Gasteiger partial charge on any atom is 0.233 e. The number of rotatable bonds is 6. The highest BCUT2D eigenvalue weighted by atomic mass is 16.2. The van der Waals surface area contributed by atoms with Crippen molar-refractivity contribution in [2.45, 2.75) is 26.3 Å². The van der Waals surface area contributed by atoms with E-state index in [1.54, 1.807) is 13.2 Å². The van der Waals surface area contributed by atoms with Gasteiger partial charge in [0.1, 0.15) is 0 Å². The number of guanidine groups is 1. The van der Waals surface area contributed by atoms with Gasteiger partial charge >= 0.3 is 0 Å². The fourth-order valence-electron chi connectivity index (χ4n) is 4.72. The number of nitrogens with one attached hydrogen (secondary N) is 2. The zero-order chi connectivity index (χ0) is 19.7. The molecule has 0 aromatic carbocycles. The molecule has 2 fully saturated rings. The van der Waals surface area contributed by atoms with Gasteiger partial charge in [0.05, 0.1) is 24.1 Å². The Morgan fingerprint density at radius 2 is 1.93 bits per heavy atom. The molecule has 1 aromatic rings. The summed E-state index contributed by atoms with van der Waals surface area (Å²) in [6.45, 7) is 3.72. The number of carbonyl (C=O) groups excluding carboxylic acids is 2. The van der Waals surface area contributed by atoms with Crippen LogP contribution in [0, 0.1) is 30.6 Å². The molecule has 28 heavy (non-hydrogen) atoms. The first-order valence-electron chi connectivity index (χ1n) is 9.98. The van der Waals surface area contributed by atoms with Crippen molar-refractivity contribution in [2.75, 3.05) is 20.1 Å². The minimum absolute atomic E-state index is 0.0278. The summed E-state index contributed by atoms with van der Waals surface area (Å²) in [7, 11) is 1.72. The van der Waals surface area contributed by atoms with E-state index in [9.17, 15) is 9.59 Å². The highest BCUT2D eigenvalue weighted by molar-refractivity contribution is 6.06. The normalized spacial score (nSPS) is 28.2. The van der Waals surface area contributed by atoms with Crippen LogP contribution in [-0.2, 0) is 16.1 Å². The van der Waals surface area contributed by atoms with E-state index in [2.05, 4.69) is 32.8 Å². The minimum atomic E-state index is -0.105. The average Bonchev–Trinajstić information content (AvgIpc) is 3.37. The molecule has 148 valence electrons. The number of hydrogen-bond donors (Lipinski definition) is 2. The zero-order valence-corrected chi connectivity index (χ0v) is 16.4. The largest absolute Gasteiger partial charge is 0.356 e. The average molecular weight is 381 g/mol. The van der Waals surface area contributed by atoms with Crippen LogP contribution >= 0.6 is 0 Å². The summed E-state index contributed by atoms with van der Waals surface area (Å²) in [6, 6.07) is 3.95. The minimum Gasteiger partial charge on any atom is -0.356 e. The van der Waals surface area contributed by atoms with Crippen LogP contribution in [0.15, 0.2) is 35.5 Å². The quantitative estimate of drug-likeness (QED) is 0.255. The Bertz CT molecular complexity index is 804. The number of amides is 2. The molecular weight excluding hydrogens is 354 g/mol. The molecule has 1 saturated heterocycles. The second-order valence-electron chi connectivity index (χ2n) is 7.80. The Morgan fingerprint density at radius 3 is 2.57 bits per heavy atom. The molecule has 1 aromatic heterocycles. The lowest BCUT2D eigenvalue weighted by Gasteiger charge is -2.18. The Morgan fingerprint density at radius 1 is 1.21 bits per heavy atom. The molecule has 7 heteroatoms. The number of imide groups is 1. The summed E-state index contributed by atoms with van der Waals surface area (Å²) in [5.41, 5.74) is 2.11. The summed E-state index contributed by atoms with van der Waals surface area (Å²) in [5, 5.41) is 6.49. The molecular formula is C21H27N5O2. The number of aromatic nitrogens is 1. The molecule has 3 aliphatic rings. The van der Waals surface area contributed by atoms with Crippen molar-refractivity contribution >= 4 is 17.8 Å². The van der Waals surface area contributed by atoms with Gasteiger partial charge < -0.3 is 10.6 Å². The molecule has 2 heterocycles. The van der Waals surface area contributed by atoms with E-state index in [-0.39, 0.29) is 35.5 Å². The van der Waals surface area contributed by atoms with Crippen molar-refractivity contribution in [1.82, 2.24) is 20.5 Å². The van der Waals surface area contributed by atoms with Crippen LogP contribution in [0.1, 0.15) is 24.1 Å². The lowest BCUT2D eigenvalue weighted by atomic mass is 9.85. The highest BCUT2D eigenvalue weighted by Crippen LogP contribution is 2.52. The molecule has 4 unspecified atom stereocenters. The highest BCUT2D eigenvalue weighted by Gasteiger charge is 2.58. The summed E-state index contributed by atoms with van der Waals surface area (Å²) in [5.74, 6) is 1.07. The van der Waals surface area contributed by atoms with Gasteiger partial charge in [-0.2, -0.15) is 0 Å². The molecule has 1 aliphatic heterocycles. The zero-order valence-electron chi connectivity index (χ0n) is 16.4. The second kappa shape index (κ2) is 7.73. The molecule has 0 spiro atoms. The Labute approximate surface area is 165 Å². The number of aliphatic imine (C=N–C) groups is 1. The van der Waals surface area contributed by atoms with Gasteiger partial charge in [0.15, 0.2) is 5.96 Å². The first-order chi connectivity index (χ1) is 13.6. The fraction of sp³-hybridized carbons (Fsp3) is 0.524. The predicted octanol–water partition coefficient (Wildman–Crippen LogP) is 1.25. The maximum absolute atomic E-state index is 12.7. The topological polar surface area (TPSA) is 86.7 Å². The van der Waals surface area contributed by atoms with Crippen LogP contribution in [0.25, 0.3) is 0 Å². The summed E-state index contributed by atoms with van der Waals surface area (Å²) >= 11 is 0. The molecule has 2 amide bonds. The van der Waals surface area contributed by atoms with Gasteiger partial charge in [-0.3, -0.25) is 24.5 Å². The van der Waals surface area contributed by atoms with Gasteiger partial charge in [-0.05, 0) is 43.2 Å². The molecule has 0 radical (unpaired) electrons. The van der Waals surface area contributed by atoms with Crippen molar-refractivity contribution in [3.63, 3.8) is 0 Å². The van der Waals surface area contributed by atoms with E-state index in [0.29, 0.717) is 32.0 Å². The lowest BCUT2D eigenvalue weighted by molar-refractivity contribution is -0.140. The molecule has 4 atom stereocenters. The summed E-state index contributed by atoms with van der Waals surface area (Å²) in [6.07, 6.45) is 7.70. The molecule has 2 aliphatic carbocycles. The summed E-state index contributed by atoms with van der Waals surface area (Å²) in [4.78, 5) is 35.4. The number of hydrogen-bond acceptors (Lipinski definition) is 4. The maximum atomic E-state index is 12.7. The van der Waals surface area contributed by atoms with E-state index < -0.39 is 0 Å². The van der Waals surface area contributed by atoms with Crippen molar-refractivity contribution in [2.24, 2.45) is 28.7 Å².